The molecule has 2 nitrogen and oxygen atoms in total. The largest absolute Gasteiger partial charge is 0.468 e. The lowest BCUT2D eigenvalue weighted by Crippen LogP contribution is -2.31. The van der Waals surface area contributed by atoms with Crippen LogP contribution in [0.15, 0.2) is 16.7 Å². The summed E-state index contributed by atoms with van der Waals surface area (Å²) >= 11 is 0. The highest BCUT2D eigenvalue weighted by Gasteiger charge is 2.53. The van der Waals surface area contributed by atoms with Crippen molar-refractivity contribution in [1.29, 1.82) is 0 Å². The first-order chi connectivity index (χ1) is 8.15. The topological polar surface area (TPSA) is 30.2 Å². The fourth-order valence-corrected chi connectivity index (χ4v) is 3.97. The van der Waals surface area contributed by atoms with Crippen molar-refractivity contribution in [1.82, 2.24) is 0 Å². The lowest BCUT2D eigenvalue weighted by Gasteiger charge is -2.36. The van der Waals surface area contributed by atoms with E-state index in [0.29, 0.717) is 11.7 Å². The number of fused-ring (bicyclic) bond motifs is 3. The molecule has 1 heterocycles. The standard InChI is InChI=1S/C15H20O2/c1-10(2)15-7-3-4-11-6-9-17-14(11)13(15)12(16)5-8-15/h6,9-10,13H,3-5,7-8H2,1-2H3/t13-,15-/m0/s1. The van der Waals surface area contributed by atoms with Crippen molar-refractivity contribution >= 4 is 5.78 Å². The highest BCUT2D eigenvalue weighted by atomic mass is 16.3. The van der Waals surface area contributed by atoms with Crippen molar-refractivity contribution < 1.29 is 9.21 Å². The lowest BCUT2D eigenvalue weighted by atomic mass is 9.66. The molecule has 0 aromatic carbocycles. The van der Waals surface area contributed by atoms with Gasteiger partial charge in [0.1, 0.15) is 11.5 Å². The second-order valence-corrected chi connectivity index (χ2v) is 5.95. The van der Waals surface area contributed by atoms with Crippen LogP contribution in [0.5, 0.6) is 0 Å². The van der Waals surface area contributed by atoms with Crippen LogP contribution in [-0.2, 0) is 11.2 Å². The van der Waals surface area contributed by atoms with Gasteiger partial charge in [-0.1, -0.05) is 13.8 Å². The molecular formula is C15H20O2. The van der Waals surface area contributed by atoms with Crippen LogP contribution >= 0.6 is 0 Å². The van der Waals surface area contributed by atoms with Gasteiger partial charge in [0, 0.05) is 6.42 Å². The van der Waals surface area contributed by atoms with Crippen LogP contribution in [0, 0.1) is 11.3 Å². The van der Waals surface area contributed by atoms with Crippen molar-refractivity contribution in [3.05, 3.63) is 23.7 Å². The Balaban J connectivity index is 2.14. The van der Waals surface area contributed by atoms with E-state index in [0.717, 1.165) is 25.0 Å². The smallest absolute Gasteiger partial charge is 0.144 e. The summed E-state index contributed by atoms with van der Waals surface area (Å²) in [5, 5.41) is 0. The van der Waals surface area contributed by atoms with E-state index in [1.807, 2.05) is 0 Å². The van der Waals surface area contributed by atoms with Gasteiger partial charge in [-0.2, -0.15) is 0 Å². The summed E-state index contributed by atoms with van der Waals surface area (Å²) in [6.07, 6.45) is 6.98. The van der Waals surface area contributed by atoms with Gasteiger partial charge in [0.05, 0.1) is 12.2 Å². The van der Waals surface area contributed by atoms with Crippen LogP contribution in [0.3, 0.4) is 0 Å². The molecule has 2 aliphatic carbocycles. The van der Waals surface area contributed by atoms with Gasteiger partial charge in [-0.05, 0) is 48.6 Å². The third-order valence-corrected chi connectivity index (χ3v) is 5.01. The van der Waals surface area contributed by atoms with Crippen molar-refractivity contribution in [2.24, 2.45) is 11.3 Å². The molecule has 2 heteroatoms. The monoisotopic (exact) mass is 232 g/mol. The Morgan fingerprint density at radius 1 is 1.35 bits per heavy atom. The minimum atomic E-state index is 0.0370. The number of carbonyl (C=O) groups excluding carboxylic acids is 1. The number of Topliss-reactive ketones (excluding diaryl/α,β-unsaturated/α-hetero) is 1. The minimum Gasteiger partial charge on any atom is -0.468 e. The molecule has 0 unspecified atom stereocenters. The number of hydrogen-bond acceptors (Lipinski definition) is 2. The SMILES string of the molecule is CC(C)[C@@]12CCCc3ccoc3[C@@H]1C(=O)CC2. The predicted molar refractivity (Wildman–Crippen MR) is 65.9 cm³/mol. The lowest BCUT2D eigenvalue weighted by molar-refractivity contribution is -0.120. The second kappa shape index (κ2) is 3.72. The highest BCUT2D eigenvalue weighted by Crippen LogP contribution is 2.57. The Bertz CT molecular complexity index is 444. The van der Waals surface area contributed by atoms with E-state index >= 15 is 0 Å². The van der Waals surface area contributed by atoms with Crippen molar-refractivity contribution in [3.8, 4) is 0 Å². The predicted octanol–water partition coefficient (Wildman–Crippen LogP) is 3.70. The van der Waals surface area contributed by atoms with Crippen LogP contribution in [-0.4, -0.2) is 5.78 Å². The second-order valence-electron chi connectivity index (χ2n) is 5.95. The number of aryl methyl sites for hydroxylation is 1. The first kappa shape index (κ1) is 11.1. The molecular weight excluding hydrogens is 212 g/mol. The molecule has 92 valence electrons. The molecule has 1 fully saturated rings. The van der Waals surface area contributed by atoms with Crippen LogP contribution in [0.2, 0.25) is 0 Å². The molecule has 17 heavy (non-hydrogen) atoms. The average Bonchev–Trinajstić information content (AvgIpc) is 2.81. The summed E-state index contributed by atoms with van der Waals surface area (Å²) in [4.78, 5) is 12.3. The molecule has 2 atom stereocenters. The van der Waals surface area contributed by atoms with Crippen molar-refractivity contribution in [3.63, 3.8) is 0 Å². The highest BCUT2D eigenvalue weighted by molar-refractivity contribution is 5.89. The zero-order chi connectivity index (χ0) is 12.0. The molecule has 0 spiro atoms. The van der Waals surface area contributed by atoms with E-state index in [1.165, 1.54) is 18.4 Å². The van der Waals surface area contributed by atoms with Gasteiger partial charge < -0.3 is 4.42 Å². The summed E-state index contributed by atoms with van der Waals surface area (Å²) in [5.74, 6) is 1.97. The van der Waals surface area contributed by atoms with Crippen molar-refractivity contribution in [2.45, 2.75) is 51.9 Å². The van der Waals surface area contributed by atoms with Gasteiger partial charge in [-0.25, -0.2) is 0 Å². The van der Waals surface area contributed by atoms with Crippen LogP contribution in [0.1, 0.15) is 56.8 Å². The van der Waals surface area contributed by atoms with E-state index in [2.05, 4.69) is 19.9 Å². The zero-order valence-corrected chi connectivity index (χ0v) is 10.7. The minimum absolute atomic E-state index is 0.0370. The van der Waals surface area contributed by atoms with Gasteiger partial charge in [0.2, 0.25) is 0 Å². The third kappa shape index (κ3) is 1.42. The molecule has 1 saturated carbocycles. The first-order valence-corrected chi connectivity index (χ1v) is 6.74. The quantitative estimate of drug-likeness (QED) is 0.739. The summed E-state index contributed by atoms with van der Waals surface area (Å²) < 4.78 is 5.67. The summed E-state index contributed by atoms with van der Waals surface area (Å²) in [6.45, 7) is 4.53. The van der Waals surface area contributed by atoms with Gasteiger partial charge >= 0.3 is 0 Å². The Morgan fingerprint density at radius 2 is 2.18 bits per heavy atom. The summed E-state index contributed by atoms with van der Waals surface area (Å²) in [7, 11) is 0. The zero-order valence-electron chi connectivity index (χ0n) is 10.7. The van der Waals surface area contributed by atoms with Gasteiger partial charge in [0.15, 0.2) is 0 Å². The number of ketones is 1. The van der Waals surface area contributed by atoms with Gasteiger partial charge in [-0.15, -0.1) is 0 Å². The molecule has 0 aliphatic heterocycles. The maximum Gasteiger partial charge on any atom is 0.144 e. The van der Waals surface area contributed by atoms with Crippen LogP contribution < -0.4 is 0 Å². The molecule has 0 saturated heterocycles. The molecule has 1 aromatic rings. The van der Waals surface area contributed by atoms with E-state index in [9.17, 15) is 4.79 Å². The molecule has 0 amide bonds. The number of rotatable bonds is 1. The van der Waals surface area contributed by atoms with Gasteiger partial charge in [0.25, 0.3) is 0 Å². The van der Waals surface area contributed by atoms with Crippen molar-refractivity contribution in [2.75, 3.05) is 0 Å². The number of carbonyl (C=O) groups is 1. The maximum absolute atomic E-state index is 12.3. The molecule has 2 aliphatic rings. The first-order valence-electron chi connectivity index (χ1n) is 6.74. The normalized spacial score (nSPS) is 32.4. The summed E-state index contributed by atoms with van der Waals surface area (Å²) in [5.41, 5.74) is 1.44. The third-order valence-electron chi connectivity index (χ3n) is 5.01. The average molecular weight is 232 g/mol. The van der Waals surface area contributed by atoms with E-state index in [4.69, 9.17) is 4.42 Å². The van der Waals surface area contributed by atoms with Gasteiger partial charge in [-0.3, -0.25) is 4.79 Å². The maximum atomic E-state index is 12.3. The Hall–Kier alpha value is -1.05. The Labute approximate surface area is 102 Å². The number of furan rings is 1. The fraction of sp³-hybridized carbons (Fsp3) is 0.667. The van der Waals surface area contributed by atoms with E-state index in [1.54, 1.807) is 6.26 Å². The molecule has 0 N–H and O–H groups in total. The Kier molecular flexibility index (Phi) is 2.42. The number of hydrogen-bond donors (Lipinski definition) is 0. The fourth-order valence-electron chi connectivity index (χ4n) is 3.97. The Morgan fingerprint density at radius 3 is 2.94 bits per heavy atom. The van der Waals surface area contributed by atoms with Crippen LogP contribution in [0.4, 0.5) is 0 Å². The van der Waals surface area contributed by atoms with E-state index in [-0.39, 0.29) is 11.3 Å². The van der Waals surface area contributed by atoms with Crippen LogP contribution in [0.25, 0.3) is 0 Å². The molecule has 0 bridgehead atoms. The van der Waals surface area contributed by atoms with E-state index < -0.39 is 0 Å². The molecule has 3 rings (SSSR count). The molecule has 0 radical (unpaired) electrons. The summed E-state index contributed by atoms with van der Waals surface area (Å²) in [6, 6.07) is 2.05. The molecule has 1 aromatic heterocycles.